The molecule has 130 valence electrons. The van der Waals surface area contributed by atoms with E-state index in [2.05, 4.69) is 16.9 Å². The maximum absolute atomic E-state index is 13.0. The third kappa shape index (κ3) is 3.07. The van der Waals surface area contributed by atoms with Gasteiger partial charge in [-0.1, -0.05) is 25.1 Å². The van der Waals surface area contributed by atoms with Gasteiger partial charge in [-0.2, -0.15) is 0 Å². The summed E-state index contributed by atoms with van der Waals surface area (Å²) >= 11 is 1.42. The molecule has 0 spiro atoms. The highest BCUT2D eigenvalue weighted by molar-refractivity contribution is 7.99. The number of aryl methyl sites for hydroxylation is 1. The smallest absolute Gasteiger partial charge is 0.251 e. The molecular formula is C19H26N2O2S. The molecule has 4 nitrogen and oxygen atoms in total. The average Bonchev–Trinajstić information content (AvgIpc) is 2.51. The average molecular weight is 346 g/mol. The summed E-state index contributed by atoms with van der Waals surface area (Å²) in [5.74, 6) is 3.21. The maximum Gasteiger partial charge on any atom is 0.251 e. The zero-order valence-corrected chi connectivity index (χ0v) is 15.2. The molecule has 24 heavy (non-hydrogen) atoms. The van der Waals surface area contributed by atoms with Crippen LogP contribution in [0, 0.1) is 23.2 Å². The van der Waals surface area contributed by atoms with Gasteiger partial charge in [0.2, 0.25) is 0 Å². The maximum atomic E-state index is 13.0. The van der Waals surface area contributed by atoms with Crippen LogP contribution in [0.15, 0.2) is 16.0 Å². The van der Waals surface area contributed by atoms with Gasteiger partial charge < -0.3 is 4.98 Å². The minimum Gasteiger partial charge on any atom is -0.301 e. The highest BCUT2D eigenvalue weighted by Crippen LogP contribution is 2.60. The topological polar surface area (TPSA) is 62.8 Å². The van der Waals surface area contributed by atoms with Crippen LogP contribution in [0.25, 0.3) is 0 Å². The number of carbonyl (C=O) groups excluding carboxylic acids is 1. The zero-order chi connectivity index (χ0) is 16.7. The molecule has 0 unspecified atom stereocenters. The van der Waals surface area contributed by atoms with Crippen molar-refractivity contribution in [1.29, 1.82) is 0 Å². The van der Waals surface area contributed by atoms with Gasteiger partial charge in [-0.25, -0.2) is 4.98 Å². The van der Waals surface area contributed by atoms with Gasteiger partial charge in [0.1, 0.15) is 5.78 Å². The second kappa shape index (κ2) is 6.32. The monoisotopic (exact) mass is 346 g/mol. The highest BCUT2D eigenvalue weighted by Gasteiger charge is 2.54. The van der Waals surface area contributed by atoms with Crippen molar-refractivity contribution < 1.29 is 4.79 Å². The van der Waals surface area contributed by atoms with Gasteiger partial charge in [0.05, 0.1) is 5.75 Å². The number of carbonyl (C=O) groups is 1. The van der Waals surface area contributed by atoms with Gasteiger partial charge in [0.25, 0.3) is 5.56 Å². The Morgan fingerprint density at radius 3 is 2.46 bits per heavy atom. The first-order valence-corrected chi connectivity index (χ1v) is 10.3. The molecule has 0 aliphatic heterocycles. The van der Waals surface area contributed by atoms with Crippen molar-refractivity contribution in [2.24, 2.45) is 23.2 Å². The minimum absolute atomic E-state index is 0.0525. The molecule has 1 aromatic heterocycles. The van der Waals surface area contributed by atoms with Crippen LogP contribution < -0.4 is 5.56 Å². The Bertz CT molecular complexity index is 662. The Hall–Kier alpha value is -1.10. The van der Waals surface area contributed by atoms with Crippen LogP contribution >= 0.6 is 11.8 Å². The molecule has 4 aliphatic carbocycles. The molecule has 0 radical (unpaired) electrons. The van der Waals surface area contributed by atoms with Gasteiger partial charge in [-0.15, -0.1) is 0 Å². The highest BCUT2D eigenvalue weighted by atomic mass is 32.2. The van der Waals surface area contributed by atoms with Gasteiger partial charge in [0.15, 0.2) is 5.16 Å². The van der Waals surface area contributed by atoms with E-state index in [4.69, 9.17) is 0 Å². The molecule has 4 saturated carbocycles. The Morgan fingerprint density at radius 2 is 1.88 bits per heavy atom. The predicted octanol–water partition coefficient (Wildman–Crippen LogP) is 3.60. The first kappa shape index (κ1) is 16.4. The fourth-order valence-corrected chi connectivity index (χ4v) is 6.60. The summed E-state index contributed by atoms with van der Waals surface area (Å²) in [7, 11) is 0. The van der Waals surface area contributed by atoms with Crippen molar-refractivity contribution in [2.75, 3.05) is 5.75 Å². The number of aromatic amines is 1. The molecule has 1 N–H and O–H groups in total. The second-order valence-electron chi connectivity index (χ2n) is 8.20. The van der Waals surface area contributed by atoms with Crippen molar-refractivity contribution in [2.45, 2.75) is 63.4 Å². The van der Waals surface area contributed by atoms with E-state index in [0.29, 0.717) is 16.7 Å². The van der Waals surface area contributed by atoms with Crippen LogP contribution in [0.2, 0.25) is 0 Å². The van der Waals surface area contributed by atoms with E-state index in [-0.39, 0.29) is 11.0 Å². The van der Waals surface area contributed by atoms with Gasteiger partial charge in [0, 0.05) is 17.2 Å². The molecule has 4 fully saturated rings. The number of hydrogen-bond acceptors (Lipinski definition) is 4. The van der Waals surface area contributed by atoms with Crippen LogP contribution in [0.4, 0.5) is 0 Å². The Balaban J connectivity index is 1.45. The molecular weight excluding hydrogens is 320 g/mol. The van der Waals surface area contributed by atoms with Crippen molar-refractivity contribution in [3.05, 3.63) is 22.1 Å². The lowest BCUT2D eigenvalue weighted by molar-refractivity contribution is -0.141. The first-order valence-electron chi connectivity index (χ1n) is 9.32. The quantitative estimate of drug-likeness (QED) is 0.631. The lowest BCUT2D eigenvalue weighted by Gasteiger charge is -2.56. The van der Waals surface area contributed by atoms with Crippen molar-refractivity contribution in [3.8, 4) is 0 Å². The number of H-pyrrole nitrogens is 1. The number of ketones is 1. The van der Waals surface area contributed by atoms with E-state index in [1.54, 1.807) is 6.07 Å². The molecule has 5 rings (SSSR count). The van der Waals surface area contributed by atoms with E-state index >= 15 is 0 Å². The van der Waals surface area contributed by atoms with E-state index in [9.17, 15) is 9.59 Å². The van der Waals surface area contributed by atoms with E-state index < -0.39 is 0 Å². The number of aromatic nitrogens is 2. The zero-order valence-electron chi connectivity index (χ0n) is 14.3. The molecule has 0 saturated heterocycles. The van der Waals surface area contributed by atoms with Gasteiger partial charge in [-0.05, 0) is 62.7 Å². The van der Waals surface area contributed by atoms with Crippen LogP contribution in [-0.4, -0.2) is 21.5 Å². The Kier molecular flexibility index (Phi) is 4.31. The summed E-state index contributed by atoms with van der Waals surface area (Å²) < 4.78 is 0. The third-order valence-electron chi connectivity index (χ3n) is 6.25. The number of nitrogens with zero attached hydrogens (tertiary/aromatic N) is 1. The summed E-state index contributed by atoms with van der Waals surface area (Å²) in [4.78, 5) is 32.1. The SMILES string of the molecule is CCCc1cc(=O)[nH]c(SCC(=O)C23CC4CC(CC(C4)C2)C3)n1. The second-order valence-corrected chi connectivity index (χ2v) is 9.17. The van der Waals surface area contributed by atoms with E-state index in [0.717, 1.165) is 55.6 Å². The molecule has 1 aromatic rings. The summed E-state index contributed by atoms with van der Waals surface area (Å²) in [6.45, 7) is 2.08. The van der Waals surface area contributed by atoms with Crippen LogP contribution in [-0.2, 0) is 11.2 Å². The number of hydrogen-bond donors (Lipinski definition) is 1. The first-order chi connectivity index (χ1) is 11.6. The summed E-state index contributed by atoms with van der Waals surface area (Å²) in [5, 5.41) is 0.601. The summed E-state index contributed by atoms with van der Waals surface area (Å²) in [5.41, 5.74) is 0.660. The summed E-state index contributed by atoms with van der Waals surface area (Å²) in [6, 6.07) is 1.56. The van der Waals surface area contributed by atoms with Crippen LogP contribution in [0.5, 0.6) is 0 Å². The van der Waals surface area contributed by atoms with Crippen LogP contribution in [0.3, 0.4) is 0 Å². The Morgan fingerprint density at radius 1 is 1.25 bits per heavy atom. The predicted molar refractivity (Wildman–Crippen MR) is 95.2 cm³/mol. The molecule has 4 aliphatic rings. The number of thioether (sulfide) groups is 1. The van der Waals surface area contributed by atoms with Gasteiger partial charge >= 0.3 is 0 Å². The van der Waals surface area contributed by atoms with Crippen molar-refractivity contribution in [3.63, 3.8) is 0 Å². The van der Waals surface area contributed by atoms with Crippen LogP contribution in [0.1, 0.15) is 57.6 Å². The van der Waals surface area contributed by atoms with E-state index in [1.165, 1.54) is 31.0 Å². The number of Topliss-reactive ketones (excluding diaryl/α,β-unsaturated/α-hetero) is 1. The lowest BCUT2D eigenvalue weighted by Crippen LogP contribution is -2.50. The van der Waals surface area contributed by atoms with Crippen molar-refractivity contribution >= 4 is 17.5 Å². The largest absolute Gasteiger partial charge is 0.301 e. The molecule has 5 heteroatoms. The van der Waals surface area contributed by atoms with Gasteiger partial charge in [-0.3, -0.25) is 9.59 Å². The molecule has 1 heterocycles. The molecule has 0 amide bonds. The molecule has 0 aromatic carbocycles. The van der Waals surface area contributed by atoms with E-state index in [1.807, 2.05) is 0 Å². The lowest BCUT2D eigenvalue weighted by atomic mass is 9.48. The number of rotatable bonds is 6. The number of nitrogens with one attached hydrogen (secondary N) is 1. The third-order valence-corrected chi connectivity index (χ3v) is 7.12. The minimum atomic E-state index is -0.113. The summed E-state index contributed by atoms with van der Waals surface area (Å²) in [6.07, 6.45) is 9.16. The normalized spacial score (nSPS) is 33.8. The van der Waals surface area contributed by atoms with Crippen molar-refractivity contribution in [1.82, 2.24) is 9.97 Å². The fraction of sp³-hybridized carbons (Fsp3) is 0.737. The standard InChI is InChI=1S/C19H26N2O2S/c1-2-3-15-7-17(23)21-18(20-15)24-11-16(22)19-8-12-4-13(9-19)6-14(5-12)10-19/h7,12-14H,2-6,8-11H2,1H3,(H,20,21,23). The molecule has 0 atom stereocenters. The molecule has 4 bridgehead atoms. The fourth-order valence-electron chi connectivity index (χ4n) is 5.68. The Labute approximate surface area is 147 Å².